The number of aromatic nitrogens is 1. The predicted molar refractivity (Wildman–Crippen MR) is 123 cm³/mol. The average Bonchev–Trinajstić information content (AvgIpc) is 2.79. The minimum absolute atomic E-state index is 0.256. The van der Waals surface area contributed by atoms with Gasteiger partial charge in [0.2, 0.25) is 0 Å². The molecule has 0 spiro atoms. The van der Waals surface area contributed by atoms with E-state index >= 15 is 0 Å². The minimum Gasteiger partial charge on any atom is -0.493 e. The van der Waals surface area contributed by atoms with Gasteiger partial charge in [0.1, 0.15) is 12.7 Å². The molecular formula is C25H37N3O3. The first-order valence-corrected chi connectivity index (χ1v) is 11.3. The molecule has 1 aliphatic rings. The number of likely N-dealkylation sites (N-methyl/N-ethyl adjacent to an activating group) is 1. The van der Waals surface area contributed by atoms with Gasteiger partial charge in [0.05, 0.1) is 12.8 Å². The molecule has 1 atom stereocenters. The van der Waals surface area contributed by atoms with E-state index in [1.165, 1.54) is 32.1 Å². The third-order valence-electron chi connectivity index (χ3n) is 5.97. The number of hydrogen-bond donors (Lipinski definition) is 1. The molecule has 1 aromatic carbocycles. The summed E-state index contributed by atoms with van der Waals surface area (Å²) in [4.78, 5) is 8.88. The van der Waals surface area contributed by atoms with Crippen molar-refractivity contribution in [1.29, 1.82) is 0 Å². The zero-order valence-electron chi connectivity index (χ0n) is 19.2. The topological polar surface area (TPSA) is 58.1 Å². The molecule has 3 rings (SSSR count). The predicted octanol–water partition coefficient (Wildman–Crippen LogP) is 3.73. The van der Waals surface area contributed by atoms with Gasteiger partial charge in [-0.3, -0.25) is 9.88 Å². The highest BCUT2D eigenvalue weighted by Gasteiger charge is 2.20. The van der Waals surface area contributed by atoms with Gasteiger partial charge in [-0.15, -0.1) is 0 Å². The van der Waals surface area contributed by atoms with Crippen molar-refractivity contribution >= 4 is 0 Å². The molecule has 31 heavy (non-hydrogen) atoms. The van der Waals surface area contributed by atoms with Crippen LogP contribution in [0.3, 0.4) is 0 Å². The van der Waals surface area contributed by atoms with Gasteiger partial charge >= 0.3 is 0 Å². The van der Waals surface area contributed by atoms with Crippen molar-refractivity contribution < 1.29 is 14.6 Å². The number of methoxy groups -OCH3 is 1. The average molecular weight is 428 g/mol. The normalized spacial score (nSPS) is 15.9. The Labute approximate surface area is 186 Å². The molecule has 0 saturated heterocycles. The van der Waals surface area contributed by atoms with Gasteiger partial charge in [-0.1, -0.05) is 31.4 Å². The summed E-state index contributed by atoms with van der Waals surface area (Å²) < 4.78 is 11.5. The first kappa shape index (κ1) is 23.5. The Hall–Kier alpha value is -2.15. The number of nitrogens with zero attached hydrogens (tertiary/aromatic N) is 3. The molecule has 1 saturated carbocycles. The van der Waals surface area contributed by atoms with Crippen LogP contribution >= 0.6 is 0 Å². The molecule has 0 amide bonds. The van der Waals surface area contributed by atoms with E-state index in [4.69, 9.17) is 9.47 Å². The van der Waals surface area contributed by atoms with Gasteiger partial charge in [-0.25, -0.2) is 0 Å². The number of pyridine rings is 1. The van der Waals surface area contributed by atoms with Crippen molar-refractivity contribution in [3.05, 3.63) is 53.9 Å². The van der Waals surface area contributed by atoms with Crippen molar-refractivity contribution in [1.82, 2.24) is 14.8 Å². The van der Waals surface area contributed by atoms with Crippen LogP contribution in [0.2, 0.25) is 0 Å². The Morgan fingerprint density at radius 2 is 1.87 bits per heavy atom. The number of hydrogen-bond acceptors (Lipinski definition) is 6. The Morgan fingerprint density at radius 1 is 1.06 bits per heavy atom. The van der Waals surface area contributed by atoms with Gasteiger partial charge in [0.25, 0.3) is 0 Å². The van der Waals surface area contributed by atoms with E-state index in [0.717, 1.165) is 24.3 Å². The minimum atomic E-state index is -0.527. The Balaban J connectivity index is 1.49. The summed E-state index contributed by atoms with van der Waals surface area (Å²) in [5.74, 6) is 1.36. The van der Waals surface area contributed by atoms with Crippen LogP contribution in [0.4, 0.5) is 0 Å². The van der Waals surface area contributed by atoms with Gasteiger partial charge in [-0.05, 0) is 56.8 Å². The molecule has 6 nitrogen and oxygen atoms in total. The third-order valence-corrected chi connectivity index (χ3v) is 5.97. The summed E-state index contributed by atoms with van der Waals surface area (Å²) in [6.07, 6.45) is 7.68. The molecule has 6 heteroatoms. The Bertz CT molecular complexity index is 781. The second-order valence-corrected chi connectivity index (χ2v) is 8.67. The summed E-state index contributed by atoms with van der Waals surface area (Å²) >= 11 is 0. The summed E-state index contributed by atoms with van der Waals surface area (Å²) in [6, 6.07) is 12.5. The fourth-order valence-corrected chi connectivity index (χ4v) is 4.31. The molecule has 1 N–H and O–H groups in total. The number of aliphatic hydroxyl groups excluding tert-OH is 1. The first-order valence-electron chi connectivity index (χ1n) is 11.3. The highest BCUT2D eigenvalue weighted by molar-refractivity contribution is 5.43. The van der Waals surface area contributed by atoms with Crippen molar-refractivity contribution in [3.8, 4) is 11.5 Å². The van der Waals surface area contributed by atoms with E-state index < -0.39 is 6.10 Å². The van der Waals surface area contributed by atoms with Crippen molar-refractivity contribution in [3.63, 3.8) is 0 Å². The maximum atomic E-state index is 10.5. The molecule has 0 bridgehead atoms. The lowest BCUT2D eigenvalue weighted by Gasteiger charge is -2.32. The van der Waals surface area contributed by atoms with Gasteiger partial charge < -0.3 is 19.5 Å². The molecule has 1 heterocycles. The standard InChI is InChI=1S/C25H37N3O3/c1-27(17-21-9-7-8-14-26-21)16-20-12-13-24(25(15-20)30-3)31-19-23(29)18-28(2)22-10-5-4-6-11-22/h7-9,12-15,22-23,29H,4-6,10-11,16-19H2,1-3H3. The van der Waals surface area contributed by atoms with E-state index in [-0.39, 0.29) is 6.61 Å². The van der Waals surface area contributed by atoms with Crippen LogP contribution in [0.5, 0.6) is 11.5 Å². The number of ether oxygens (including phenoxy) is 2. The molecule has 1 aromatic heterocycles. The quantitative estimate of drug-likeness (QED) is 0.590. The maximum Gasteiger partial charge on any atom is 0.161 e. The van der Waals surface area contributed by atoms with Crippen LogP contribution in [0, 0.1) is 0 Å². The summed E-state index contributed by atoms with van der Waals surface area (Å²) in [5.41, 5.74) is 2.18. The van der Waals surface area contributed by atoms with Crippen molar-refractivity contribution in [2.45, 2.75) is 57.3 Å². The summed E-state index contributed by atoms with van der Waals surface area (Å²) in [5, 5.41) is 10.5. The van der Waals surface area contributed by atoms with E-state index in [1.54, 1.807) is 7.11 Å². The molecule has 170 valence electrons. The SMILES string of the molecule is COc1cc(CN(C)Cc2ccccn2)ccc1OCC(O)CN(C)C1CCCCC1. The Morgan fingerprint density at radius 3 is 2.58 bits per heavy atom. The van der Waals surface area contributed by atoms with Crippen LogP contribution in [-0.2, 0) is 13.1 Å². The van der Waals surface area contributed by atoms with Crippen LogP contribution in [0.15, 0.2) is 42.6 Å². The molecule has 1 fully saturated rings. The van der Waals surface area contributed by atoms with Crippen LogP contribution in [0.1, 0.15) is 43.4 Å². The highest BCUT2D eigenvalue weighted by atomic mass is 16.5. The smallest absolute Gasteiger partial charge is 0.161 e. The van der Waals surface area contributed by atoms with Crippen molar-refractivity contribution in [2.24, 2.45) is 0 Å². The molecule has 0 radical (unpaired) electrons. The van der Waals surface area contributed by atoms with E-state index in [1.807, 2.05) is 42.6 Å². The van der Waals surface area contributed by atoms with E-state index in [9.17, 15) is 5.11 Å². The first-order chi connectivity index (χ1) is 15.0. The molecular weight excluding hydrogens is 390 g/mol. The van der Waals surface area contributed by atoms with Crippen LogP contribution in [-0.4, -0.2) is 66.4 Å². The molecule has 2 aromatic rings. The van der Waals surface area contributed by atoms with Crippen LogP contribution in [0.25, 0.3) is 0 Å². The molecule has 0 aliphatic heterocycles. The maximum absolute atomic E-state index is 10.5. The summed E-state index contributed by atoms with van der Waals surface area (Å²) in [7, 11) is 5.83. The van der Waals surface area contributed by atoms with Gasteiger partial charge in [0, 0.05) is 31.9 Å². The zero-order valence-corrected chi connectivity index (χ0v) is 19.2. The Kier molecular flexibility index (Phi) is 9.13. The highest BCUT2D eigenvalue weighted by Crippen LogP contribution is 2.29. The second kappa shape index (κ2) is 12.0. The van der Waals surface area contributed by atoms with Crippen LogP contribution < -0.4 is 9.47 Å². The monoisotopic (exact) mass is 427 g/mol. The zero-order chi connectivity index (χ0) is 22.1. The largest absolute Gasteiger partial charge is 0.493 e. The fourth-order valence-electron chi connectivity index (χ4n) is 4.31. The fraction of sp³-hybridized carbons (Fsp3) is 0.560. The van der Waals surface area contributed by atoms with Gasteiger partial charge in [-0.2, -0.15) is 0 Å². The second-order valence-electron chi connectivity index (χ2n) is 8.67. The molecule has 1 unspecified atom stereocenters. The lowest BCUT2D eigenvalue weighted by atomic mass is 9.94. The van der Waals surface area contributed by atoms with Gasteiger partial charge in [0.15, 0.2) is 11.5 Å². The van der Waals surface area contributed by atoms with E-state index in [0.29, 0.717) is 24.1 Å². The number of aliphatic hydroxyl groups is 1. The summed E-state index contributed by atoms with van der Waals surface area (Å²) in [6.45, 7) is 2.44. The van der Waals surface area contributed by atoms with Crippen molar-refractivity contribution in [2.75, 3.05) is 34.4 Å². The van der Waals surface area contributed by atoms with E-state index in [2.05, 4.69) is 28.9 Å². The third kappa shape index (κ3) is 7.49. The lowest BCUT2D eigenvalue weighted by molar-refractivity contribution is 0.0553. The lowest BCUT2D eigenvalue weighted by Crippen LogP contribution is -2.40. The molecule has 1 aliphatic carbocycles. The number of rotatable bonds is 11. The number of benzene rings is 1.